The van der Waals surface area contributed by atoms with Gasteiger partial charge in [0.15, 0.2) is 0 Å². The fourth-order valence-electron chi connectivity index (χ4n) is 1.99. The molecule has 1 rings (SSSR count). The van der Waals surface area contributed by atoms with E-state index in [-0.39, 0.29) is 10.8 Å². The minimum absolute atomic E-state index is 0.125. The van der Waals surface area contributed by atoms with Gasteiger partial charge in [0.05, 0.1) is 0 Å². The van der Waals surface area contributed by atoms with Crippen molar-refractivity contribution in [1.29, 1.82) is 0 Å². The van der Waals surface area contributed by atoms with Crippen LogP contribution in [-0.2, 0) is 10.8 Å². The maximum atomic E-state index is 5.93. The Morgan fingerprint density at radius 3 is 1.95 bits per heavy atom. The van der Waals surface area contributed by atoms with Gasteiger partial charge in [-0.3, -0.25) is 0 Å². The molecule has 0 fully saturated rings. The Balaban J connectivity index is 2.90. The van der Waals surface area contributed by atoms with Crippen LogP contribution in [0.2, 0.25) is 0 Å². The fourth-order valence-corrected chi connectivity index (χ4v) is 1.99. The fraction of sp³-hybridized carbons (Fsp3) is 0.579. The van der Waals surface area contributed by atoms with Crippen LogP contribution < -0.4 is 10.1 Å². The quantitative estimate of drug-likeness (QED) is 0.617. The molecule has 2 nitrogen and oxygen atoms in total. The molecule has 0 saturated carbocycles. The highest BCUT2D eigenvalue weighted by Crippen LogP contribution is 2.32. The number of rotatable bonds is 6. The van der Waals surface area contributed by atoms with Crippen LogP contribution >= 0.6 is 0 Å². The molecule has 1 N–H and O–H groups in total. The van der Waals surface area contributed by atoms with E-state index in [0.29, 0.717) is 6.61 Å². The summed E-state index contributed by atoms with van der Waals surface area (Å²) in [7, 11) is 0. The summed E-state index contributed by atoms with van der Waals surface area (Å²) in [6.45, 7) is 19.5. The van der Waals surface area contributed by atoms with Crippen molar-refractivity contribution < 1.29 is 4.74 Å². The molecule has 0 spiro atoms. The van der Waals surface area contributed by atoms with Gasteiger partial charge in [-0.25, -0.2) is 0 Å². The minimum Gasteiger partial charge on any atom is -0.492 e. The predicted molar refractivity (Wildman–Crippen MR) is 92.4 cm³/mol. The molecule has 1 aromatic rings. The summed E-state index contributed by atoms with van der Waals surface area (Å²) in [6.07, 6.45) is 1.86. The summed E-state index contributed by atoms with van der Waals surface area (Å²) < 4.78 is 5.93. The first-order valence-electron chi connectivity index (χ1n) is 7.75. The second kappa shape index (κ2) is 7.13. The van der Waals surface area contributed by atoms with Crippen molar-refractivity contribution in [3.8, 4) is 5.75 Å². The van der Waals surface area contributed by atoms with E-state index < -0.39 is 0 Å². The summed E-state index contributed by atoms with van der Waals surface area (Å²) >= 11 is 0. The minimum atomic E-state index is 0.125. The van der Waals surface area contributed by atoms with Gasteiger partial charge in [0.1, 0.15) is 12.4 Å². The highest BCUT2D eigenvalue weighted by atomic mass is 16.5. The van der Waals surface area contributed by atoms with E-state index in [9.17, 15) is 0 Å². The van der Waals surface area contributed by atoms with Crippen LogP contribution in [-0.4, -0.2) is 19.7 Å². The highest BCUT2D eigenvalue weighted by molar-refractivity contribution is 5.40. The Morgan fingerprint density at radius 2 is 1.52 bits per heavy atom. The Labute approximate surface area is 130 Å². The summed E-state index contributed by atoms with van der Waals surface area (Å²) in [5, 5.41) is 3.25. The number of nitrogens with one attached hydrogen (secondary N) is 1. The van der Waals surface area contributed by atoms with Gasteiger partial charge in [-0.2, -0.15) is 0 Å². The summed E-state index contributed by atoms with van der Waals surface area (Å²) in [5.74, 6) is 0.966. The Kier molecular flexibility index (Phi) is 6.03. The molecule has 0 atom stereocenters. The largest absolute Gasteiger partial charge is 0.492 e. The summed E-state index contributed by atoms with van der Waals surface area (Å²) in [5.41, 5.74) is 2.90. The van der Waals surface area contributed by atoms with Gasteiger partial charge in [-0.05, 0) is 34.1 Å². The third-order valence-corrected chi connectivity index (χ3v) is 3.47. The molecule has 21 heavy (non-hydrogen) atoms. The molecular weight excluding hydrogens is 258 g/mol. The molecule has 118 valence electrons. The first-order chi connectivity index (χ1) is 9.64. The molecule has 2 heteroatoms. The van der Waals surface area contributed by atoms with Gasteiger partial charge in [-0.15, -0.1) is 6.58 Å². The van der Waals surface area contributed by atoms with E-state index in [4.69, 9.17) is 4.74 Å². The van der Waals surface area contributed by atoms with Crippen molar-refractivity contribution >= 4 is 0 Å². The molecule has 0 aliphatic heterocycles. The van der Waals surface area contributed by atoms with Gasteiger partial charge in [0.25, 0.3) is 0 Å². The zero-order valence-electron chi connectivity index (χ0n) is 14.5. The van der Waals surface area contributed by atoms with Gasteiger partial charge in [0.2, 0.25) is 0 Å². The molecule has 0 amide bonds. The topological polar surface area (TPSA) is 21.3 Å². The molecular formula is C19H31NO. The molecule has 0 bridgehead atoms. The van der Waals surface area contributed by atoms with E-state index in [1.165, 1.54) is 11.1 Å². The van der Waals surface area contributed by atoms with E-state index >= 15 is 0 Å². The third-order valence-electron chi connectivity index (χ3n) is 3.47. The molecule has 0 aliphatic carbocycles. The number of hydrogen-bond acceptors (Lipinski definition) is 2. The second-order valence-electron chi connectivity index (χ2n) is 7.59. The predicted octanol–water partition coefficient (Wildman–Crippen LogP) is 4.44. The Bertz CT molecular complexity index is 431. The van der Waals surface area contributed by atoms with Gasteiger partial charge in [0, 0.05) is 13.1 Å². The van der Waals surface area contributed by atoms with Crippen LogP contribution in [0.3, 0.4) is 0 Å². The van der Waals surface area contributed by atoms with Crippen LogP contribution in [0, 0.1) is 0 Å². The standard InChI is InChI=1S/C19H31NO/c1-8-9-20-10-11-21-17-13-15(18(2,3)4)12-16(14-17)19(5,6)7/h8,12-14,20H,1,9-11H2,2-7H3. The summed E-state index contributed by atoms with van der Waals surface area (Å²) in [4.78, 5) is 0. The van der Waals surface area contributed by atoms with Crippen molar-refractivity contribution in [2.45, 2.75) is 52.4 Å². The maximum Gasteiger partial charge on any atom is 0.119 e. The molecule has 0 heterocycles. The van der Waals surface area contributed by atoms with Gasteiger partial charge >= 0.3 is 0 Å². The SMILES string of the molecule is C=CCNCCOc1cc(C(C)(C)C)cc(C(C)(C)C)c1. The first kappa shape index (κ1) is 17.8. The molecule has 0 aliphatic rings. The normalized spacial score (nSPS) is 12.3. The lowest BCUT2D eigenvalue weighted by Gasteiger charge is -2.26. The highest BCUT2D eigenvalue weighted by Gasteiger charge is 2.20. The average Bonchev–Trinajstić information content (AvgIpc) is 2.36. The molecule has 1 aromatic carbocycles. The van der Waals surface area contributed by atoms with Gasteiger partial charge < -0.3 is 10.1 Å². The van der Waals surface area contributed by atoms with Crippen LogP contribution in [0.5, 0.6) is 5.75 Å². The number of hydrogen-bond donors (Lipinski definition) is 1. The zero-order chi connectivity index (χ0) is 16.1. The smallest absolute Gasteiger partial charge is 0.119 e. The van der Waals surface area contributed by atoms with Crippen molar-refractivity contribution in [1.82, 2.24) is 5.32 Å². The third kappa shape index (κ3) is 5.92. The summed E-state index contributed by atoms with van der Waals surface area (Å²) in [6, 6.07) is 6.65. The van der Waals surface area contributed by atoms with E-state index in [1.807, 2.05) is 6.08 Å². The van der Waals surface area contributed by atoms with E-state index in [0.717, 1.165) is 18.8 Å². The second-order valence-corrected chi connectivity index (χ2v) is 7.59. The van der Waals surface area contributed by atoms with Crippen molar-refractivity contribution in [2.24, 2.45) is 0 Å². The Morgan fingerprint density at radius 1 is 1.00 bits per heavy atom. The van der Waals surface area contributed by atoms with Crippen LogP contribution in [0.15, 0.2) is 30.9 Å². The maximum absolute atomic E-state index is 5.93. The molecule has 0 aromatic heterocycles. The average molecular weight is 289 g/mol. The van der Waals surface area contributed by atoms with Crippen LogP contribution in [0.25, 0.3) is 0 Å². The monoisotopic (exact) mass is 289 g/mol. The first-order valence-corrected chi connectivity index (χ1v) is 7.75. The molecule has 0 saturated heterocycles. The lowest BCUT2D eigenvalue weighted by atomic mass is 9.80. The number of ether oxygens (including phenoxy) is 1. The van der Waals surface area contributed by atoms with Crippen molar-refractivity contribution in [3.05, 3.63) is 42.0 Å². The van der Waals surface area contributed by atoms with Crippen LogP contribution in [0.1, 0.15) is 52.7 Å². The van der Waals surface area contributed by atoms with E-state index in [1.54, 1.807) is 0 Å². The van der Waals surface area contributed by atoms with Crippen molar-refractivity contribution in [3.63, 3.8) is 0 Å². The zero-order valence-corrected chi connectivity index (χ0v) is 14.5. The van der Waals surface area contributed by atoms with Crippen LogP contribution in [0.4, 0.5) is 0 Å². The molecule has 0 unspecified atom stereocenters. The van der Waals surface area contributed by atoms with E-state index in [2.05, 4.69) is 71.6 Å². The Hall–Kier alpha value is -1.28. The van der Waals surface area contributed by atoms with Gasteiger partial charge in [-0.1, -0.05) is 53.7 Å². The number of benzene rings is 1. The van der Waals surface area contributed by atoms with Crippen molar-refractivity contribution in [2.75, 3.05) is 19.7 Å². The lowest BCUT2D eigenvalue weighted by molar-refractivity contribution is 0.314. The lowest BCUT2D eigenvalue weighted by Crippen LogP contribution is -2.21. The molecule has 0 radical (unpaired) electrons.